The summed E-state index contributed by atoms with van der Waals surface area (Å²) in [6.07, 6.45) is 7.83. The van der Waals surface area contributed by atoms with Crippen LogP contribution in [0.15, 0.2) is 37.1 Å². The molecule has 1 fully saturated rings. The lowest BCUT2D eigenvalue weighted by molar-refractivity contribution is -0.131. The van der Waals surface area contributed by atoms with Crippen molar-refractivity contribution in [2.24, 2.45) is 5.92 Å². The molecule has 0 aliphatic carbocycles. The Labute approximate surface area is 169 Å². The van der Waals surface area contributed by atoms with E-state index in [9.17, 15) is 10.1 Å². The standard InChI is InChI=1S/C21H23N7O/c1-14-7-17(27(2)19(29)8-16-10-23-13-26-16)12-28(11-14)18-4-3-15(9-22)20-21(18)25-6-5-24-20/h3-6,10,13-14,17H,7-8,11-12H2,1-2H3,(H,23,26)/t14-,17+/m0/s1. The largest absolute Gasteiger partial charge is 0.367 e. The number of anilines is 1. The van der Waals surface area contributed by atoms with Crippen molar-refractivity contribution in [1.82, 2.24) is 24.8 Å². The predicted molar refractivity (Wildman–Crippen MR) is 109 cm³/mol. The summed E-state index contributed by atoms with van der Waals surface area (Å²) in [5, 5.41) is 9.38. The van der Waals surface area contributed by atoms with Gasteiger partial charge in [-0.3, -0.25) is 14.8 Å². The number of nitrogens with zero attached hydrogens (tertiary/aromatic N) is 6. The van der Waals surface area contributed by atoms with Crippen molar-refractivity contribution in [2.75, 3.05) is 25.0 Å². The minimum Gasteiger partial charge on any atom is -0.367 e. The Kier molecular flexibility index (Phi) is 5.12. The second-order valence-electron chi connectivity index (χ2n) is 7.64. The van der Waals surface area contributed by atoms with Crippen LogP contribution in [0.2, 0.25) is 0 Å². The molecule has 29 heavy (non-hydrogen) atoms. The van der Waals surface area contributed by atoms with E-state index >= 15 is 0 Å². The van der Waals surface area contributed by atoms with Crippen LogP contribution in [0.3, 0.4) is 0 Å². The summed E-state index contributed by atoms with van der Waals surface area (Å²) in [7, 11) is 1.87. The lowest BCUT2D eigenvalue weighted by atomic mass is 9.94. The van der Waals surface area contributed by atoms with Crippen LogP contribution in [-0.2, 0) is 11.2 Å². The highest BCUT2D eigenvalue weighted by Crippen LogP contribution is 2.31. The van der Waals surface area contributed by atoms with Crippen LogP contribution in [0.25, 0.3) is 11.0 Å². The highest BCUT2D eigenvalue weighted by atomic mass is 16.2. The van der Waals surface area contributed by atoms with Crippen molar-refractivity contribution in [3.05, 3.63) is 48.3 Å². The maximum absolute atomic E-state index is 12.8. The maximum Gasteiger partial charge on any atom is 0.228 e. The monoisotopic (exact) mass is 389 g/mol. The molecule has 0 spiro atoms. The molecule has 1 N–H and O–H groups in total. The zero-order valence-corrected chi connectivity index (χ0v) is 16.5. The Bertz CT molecular complexity index is 1060. The van der Waals surface area contributed by atoms with Crippen LogP contribution in [0, 0.1) is 17.2 Å². The molecule has 0 radical (unpaired) electrons. The number of fused-ring (bicyclic) bond motifs is 1. The molecule has 0 saturated carbocycles. The van der Waals surface area contributed by atoms with Gasteiger partial charge in [0.05, 0.1) is 29.7 Å². The molecule has 1 amide bonds. The van der Waals surface area contributed by atoms with E-state index in [0.717, 1.165) is 29.9 Å². The highest BCUT2D eigenvalue weighted by molar-refractivity contribution is 5.92. The van der Waals surface area contributed by atoms with Crippen molar-refractivity contribution in [3.8, 4) is 6.07 Å². The topological polar surface area (TPSA) is 102 Å². The maximum atomic E-state index is 12.8. The van der Waals surface area contributed by atoms with E-state index in [1.165, 1.54) is 0 Å². The molecule has 4 rings (SSSR count). The fourth-order valence-electron chi connectivity index (χ4n) is 4.05. The van der Waals surface area contributed by atoms with E-state index in [4.69, 9.17) is 0 Å². The summed E-state index contributed by atoms with van der Waals surface area (Å²) >= 11 is 0. The Balaban J connectivity index is 1.59. The molecule has 0 bridgehead atoms. The third-order valence-corrected chi connectivity index (χ3v) is 5.53. The molecule has 8 heteroatoms. The number of aromatic amines is 1. The Morgan fingerprint density at radius 3 is 2.79 bits per heavy atom. The van der Waals surface area contributed by atoms with Crippen molar-refractivity contribution < 1.29 is 4.79 Å². The molecule has 3 aromatic rings. The van der Waals surface area contributed by atoms with Crippen molar-refractivity contribution >= 4 is 22.6 Å². The number of nitriles is 1. The molecular weight excluding hydrogens is 366 g/mol. The predicted octanol–water partition coefficient (Wildman–Crippen LogP) is 2.14. The third-order valence-electron chi connectivity index (χ3n) is 5.53. The van der Waals surface area contributed by atoms with Gasteiger partial charge in [0.1, 0.15) is 17.1 Å². The summed E-state index contributed by atoms with van der Waals surface area (Å²) < 4.78 is 0. The summed E-state index contributed by atoms with van der Waals surface area (Å²) in [6, 6.07) is 6.02. The van der Waals surface area contributed by atoms with E-state index in [-0.39, 0.29) is 18.4 Å². The summed E-state index contributed by atoms with van der Waals surface area (Å²) in [5.74, 6) is 0.470. The number of rotatable bonds is 4. The molecule has 0 unspecified atom stereocenters. The van der Waals surface area contributed by atoms with Gasteiger partial charge in [-0.25, -0.2) is 4.98 Å². The molecule has 1 aliphatic heterocycles. The number of imidazole rings is 1. The smallest absolute Gasteiger partial charge is 0.228 e. The Morgan fingerprint density at radius 1 is 1.28 bits per heavy atom. The van der Waals surface area contributed by atoms with E-state index in [2.05, 4.69) is 37.8 Å². The fourth-order valence-corrected chi connectivity index (χ4v) is 4.05. The molecule has 148 valence electrons. The van der Waals surface area contributed by atoms with Gasteiger partial charge in [-0.1, -0.05) is 6.92 Å². The highest BCUT2D eigenvalue weighted by Gasteiger charge is 2.31. The number of H-pyrrole nitrogens is 1. The van der Waals surface area contributed by atoms with E-state index < -0.39 is 0 Å². The average molecular weight is 389 g/mol. The molecule has 3 heterocycles. The van der Waals surface area contributed by atoms with Crippen molar-refractivity contribution in [1.29, 1.82) is 5.26 Å². The zero-order chi connectivity index (χ0) is 20.4. The van der Waals surface area contributed by atoms with E-state index in [0.29, 0.717) is 23.5 Å². The van der Waals surface area contributed by atoms with Crippen molar-refractivity contribution in [2.45, 2.75) is 25.8 Å². The molecular formula is C21H23N7O. The van der Waals surface area contributed by atoms with Crippen LogP contribution in [-0.4, -0.2) is 56.9 Å². The molecule has 2 aromatic heterocycles. The second kappa shape index (κ2) is 7.87. The lowest BCUT2D eigenvalue weighted by Crippen LogP contribution is -2.51. The number of nitrogens with one attached hydrogen (secondary N) is 1. The van der Waals surface area contributed by atoms with Gasteiger partial charge in [-0.05, 0) is 24.5 Å². The number of likely N-dealkylation sites (N-methyl/N-ethyl adjacent to an activating group) is 1. The molecule has 8 nitrogen and oxygen atoms in total. The van der Waals surface area contributed by atoms with Gasteiger partial charge in [-0.2, -0.15) is 5.26 Å². The number of hydrogen-bond donors (Lipinski definition) is 1. The molecule has 2 atom stereocenters. The molecule has 1 saturated heterocycles. The van der Waals surface area contributed by atoms with Crippen LogP contribution in [0.1, 0.15) is 24.6 Å². The first-order valence-corrected chi connectivity index (χ1v) is 9.69. The average Bonchev–Trinajstić information content (AvgIpc) is 3.24. The van der Waals surface area contributed by atoms with Gasteiger partial charge in [0.15, 0.2) is 0 Å². The number of amides is 1. The number of aromatic nitrogens is 4. The minimum absolute atomic E-state index is 0.0561. The first kappa shape index (κ1) is 18.9. The van der Waals surface area contributed by atoms with Gasteiger partial charge in [0.25, 0.3) is 0 Å². The van der Waals surface area contributed by atoms with Crippen molar-refractivity contribution in [3.63, 3.8) is 0 Å². The Morgan fingerprint density at radius 2 is 2.07 bits per heavy atom. The van der Waals surface area contributed by atoms with Gasteiger partial charge in [0, 0.05) is 44.8 Å². The second-order valence-corrected chi connectivity index (χ2v) is 7.64. The van der Waals surface area contributed by atoms with Crippen LogP contribution >= 0.6 is 0 Å². The first-order valence-electron chi connectivity index (χ1n) is 9.69. The Hall–Kier alpha value is -3.47. The normalized spacial score (nSPS) is 19.1. The minimum atomic E-state index is 0.0561. The third kappa shape index (κ3) is 3.76. The number of benzene rings is 1. The fraction of sp³-hybridized carbons (Fsp3) is 0.381. The number of hydrogen-bond acceptors (Lipinski definition) is 6. The SMILES string of the molecule is C[C@H]1C[C@@H](N(C)C(=O)Cc2c[nH]cn2)CN(c2ccc(C#N)c3nccnc23)C1. The van der Waals surface area contributed by atoms with E-state index in [1.807, 2.05) is 18.0 Å². The zero-order valence-electron chi connectivity index (χ0n) is 16.5. The number of carbonyl (C=O) groups excluding carboxylic acids is 1. The van der Waals surface area contributed by atoms with Crippen LogP contribution in [0.5, 0.6) is 0 Å². The molecule has 1 aliphatic rings. The quantitative estimate of drug-likeness (QED) is 0.733. The van der Waals surface area contributed by atoms with Crippen LogP contribution in [0.4, 0.5) is 5.69 Å². The van der Waals surface area contributed by atoms with Crippen LogP contribution < -0.4 is 4.90 Å². The first-order chi connectivity index (χ1) is 14.1. The van der Waals surface area contributed by atoms with Gasteiger partial charge in [-0.15, -0.1) is 0 Å². The lowest BCUT2D eigenvalue weighted by Gasteiger charge is -2.41. The number of carbonyl (C=O) groups is 1. The van der Waals surface area contributed by atoms with E-state index in [1.54, 1.807) is 31.0 Å². The molecule has 1 aromatic carbocycles. The number of piperidine rings is 1. The summed E-state index contributed by atoms with van der Waals surface area (Å²) in [6.45, 7) is 3.78. The van der Waals surface area contributed by atoms with Gasteiger partial charge < -0.3 is 14.8 Å². The summed E-state index contributed by atoms with van der Waals surface area (Å²) in [5.41, 5.74) is 3.56. The van der Waals surface area contributed by atoms with Gasteiger partial charge in [0.2, 0.25) is 5.91 Å². The summed E-state index contributed by atoms with van der Waals surface area (Å²) in [4.78, 5) is 32.8. The van der Waals surface area contributed by atoms with Gasteiger partial charge >= 0.3 is 0 Å².